The van der Waals surface area contributed by atoms with Gasteiger partial charge in [-0.25, -0.2) is 0 Å². The van der Waals surface area contributed by atoms with Crippen molar-refractivity contribution in [1.29, 1.82) is 0 Å². The number of carbonyl (C=O) groups is 1. The quantitative estimate of drug-likeness (QED) is 0.916. The zero-order valence-corrected chi connectivity index (χ0v) is 13.9. The monoisotopic (exact) mass is 315 g/mol. The summed E-state index contributed by atoms with van der Waals surface area (Å²) >= 11 is 0. The minimum absolute atomic E-state index is 0.00640. The third kappa shape index (κ3) is 4.04. The van der Waals surface area contributed by atoms with Crippen molar-refractivity contribution in [2.75, 3.05) is 6.26 Å². The minimum Gasteiger partial charge on any atom is -0.345 e. The molecular weight excluding hydrogens is 294 g/mol. The number of rotatable bonds is 5. The van der Waals surface area contributed by atoms with Crippen LogP contribution in [0.4, 0.5) is 0 Å². The molecule has 0 saturated carbocycles. The van der Waals surface area contributed by atoms with Crippen molar-refractivity contribution >= 4 is 16.7 Å². The Morgan fingerprint density at radius 2 is 1.68 bits per heavy atom. The molecule has 116 valence electrons. The molecule has 0 bridgehead atoms. The van der Waals surface area contributed by atoms with Crippen molar-refractivity contribution in [1.82, 2.24) is 5.32 Å². The van der Waals surface area contributed by atoms with Crippen LogP contribution in [0.5, 0.6) is 0 Å². The van der Waals surface area contributed by atoms with E-state index in [1.54, 1.807) is 30.5 Å². The number of hydrogen-bond donors (Lipinski definition) is 1. The van der Waals surface area contributed by atoms with Gasteiger partial charge in [0.15, 0.2) is 0 Å². The maximum absolute atomic E-state index is 12.3. The van der Waals surface area contributed by atoms with Crippen molar-refractivity contribution in [3.05, 3.63) is 65.2 Å². The molecule has 2 unspecified atom stereocenters. The van der Waals surface area contributed by atoms with E-state index in [1.165, 1.54) is 5.56 Å². The zero-order chi connectivity index (χ0) is 16.1. The average molecular weight is 315 g/mol. The number of amides is 1. The van der Waals surface area contributed by atoms with Crippen LogP contribution < -0.4 is 5.32 Å². The first kappa shape index (κ1) is 16.4. The Balaban J connectivity index is 2.11. The Hall–Kier alpha value is -1.94. The van der Waals surface area contributed by atoms with Gasteiger partial charge < -0.3 is 5.32 Å². The molecule has 0 heterocycles. The van der Waals surface area contributed by atoms with Crippen LogP contribution in [0, 0.1) is 6.92 Å². The molecule has 0 radical (unpaired) electrons. The van der Waals surface area contributed by atoms with Gasteiger partial charge in [-0.1, -0.05) is 36.8 Å². The van der Waals surface area contributed by atoms with Crippen molar-refractivity contribution in [3.8, 4) is 0 Å². The summed E-state index contributed by atoms with van der Waals surface area (Å²) in [6, 6.07) is 15.1. The van der Waals surface area contributed by atoms with Crippen molar-refractivity contribution < 1.29 is 9.00 Å². The second-order valence-corrected chi connectivity index (χ2v) is 6.70. The fourth-order valence-corrected chi connectivity index (χ4v) is 2.78. The van der Waals surface area contributed by atoms with Crippen molar-refractivity contribution in [2.45, 2.75) is 31.2 Å². The van der Waals surface area contributed by atoms with Crippen molar-refractivity contribution in [3.63, 3.8) is 0 Å². The lowest BCUT2D eigenvalue weighted by Crippen LogP contribution is -2.28. The van der Waals surface area contributed by atoms with E-state index in [2.05, 4.69) is 17.4 Å². The summed E-state index contributed by atoms with van der Waals surface area (Å²) in [6.45, 7) is 4.09. The fraction of sp³-hybridized carbons (Fsp3) is 0.278. The molecular formula is C18H21NO2S. The molecule has 2 atom stereocenters. The second kappa shape index (κ2) is 7.36. The highest BCUT2D eigenvalue weighted by Gasteiger charge is 2.14. The standard InChI is InChI=1S/C18H21NO2S/c1-4-17(14-7-5-13(2)6-8-14)19-18(20)15-9-11-16(12-10-15)22(3)21/h5-12,17H,4H2,1-3H3,(H,19,20). The first-order chi connectivity index (χ1) is 10.5. The summed E-state index contributed by atoms with van der Waals surface area (Å²) in [7, 11) is -1.03. The number of carbonyl (C=O) groups excluding carboxylic acids is 1. The molecule has 1 amide bonds. The highest BCUT2D eigenvalue weighted by Crippen LogP contribution is 2.18. The highest BCUT2D eigenvalue weighted by atomic mass is 32.2. The van der Waals surface area contributed by atoms with Gasteiger partial charge >= 0.3 is 0 Å². The van der Waals surface area contributed by atoms with E-state index in [9.17, 15) is 9.00 Å². The second-order valence-electron chi connectivity index (χ2n) is 5.32. The minimum atomic E-state index is -1.03. The molecule has 22 heavy (non-hydrogen) atoms. The van der Waals surface area contributed by atoms with Crippen LogP contribution in [-0.2, 0) is 10.8 Å². The third-order valence-electron chi connectivity index (χ3n) is 3.64. The normalized spacial score (nSPS) is 13.4. The van der Waals surface area contributed by atoms with Gasteiger partial charge in [-0.05, 0) is 43.2 Å². The number of hydrogen-bond acceptors (Lipinski definition) is 2. The fourth-order valence-electron chi connectivity index (χ4n) is 2.26. The van der Waals surface area contributed by atoms with E-state index in [4.69, 9.17) is 0 Å². The van der Waals surface area contributed by atoms with E-state index >= 15 is 0 Å². The molecule has 1 N–H and O–H groups in total. The van der Waals surface area contributed by atoms with Crippen LogP contribution in [0.15, 0.2) is 53.4 Å². The van der Waals surface area contributed by atoms with Gasteiger partial charge in [-0.15, -0.1) is 0 Å². The largest absolute Gasteiger partial charge is 0.345 e. The molecule has 0 saturated heterocycles. The lowest BCUT2D eigenvalue weighted by Gasteiger charge is -2.18. The van der Waals surface area contributed by atoms with Gasteiger partial charge in [0.2, 0.25) is 0 Å². The Morgan fingerprint density at radius 1 is 1.09 bits per heavy atom. The summed E-state index contributed by atoms with van der Waals surface area (Å²) in [5.74, 6) is -0.110. The van der Waals surface area contributed by atoms with E-state index < -0.39 is 10.8 Å². The zero-order valence-electron chi connectivity index (χ0n) is 13.1. The molecule has 3 nitrogen and oxygen atoms in total. The van der Waals surface area contributed by atoms with Gasteiger partial charge in [-0.3, -0.25) is 9.00 Å². The Labute approximate surface area is 134 Å². The van der Waals surface area contributed by atoms with Gasteiger partial charge in [0.05, 0.1) is 6.04 Å². The summed E-state index contributed by atoms with van der Waals surface area (Å²) in [4.78, 5) is 13.1. The van der Waals surface area contributed by atoms with Crippen LogP contribution in [0.2, 0.25) is 0 Å². The van der Waals surface area contributed by atoms with Crippen LogP contribution in [0.1, 0.15) is 40.9 Å². The molecule has 2 aromatic rings. The molecule has 0 fully saturated rings. The van der Waals surface area contributed by atoms with Gasteiger partial charge in [0, 0.05) is 27.5 Å². The Kier molecular flexibility index (Phi) is 5.50. The SMILES string of the molecule is CCC(NC(=O)c1ccc(S(C)=O)cc1)c1ccc(C)cc1. The maximum Gasteiger partial charge on any atom is 0.251 e. The Bertz CT molecular complexity index is 662. The molecule has 0 aliphatic rings. The van der Waals surface area contributed by atoms with Gasteiger partial charge in [0.1, 0.15) is 0 Å². The molecule has 0 aromatic heterocycles. The number of benzene rings is 2. The predicted molar refractivity (Wildman–Crippen MR) is 90.5 cm³/mol. The molecule has 4 heteroatoms. The predicted octanol–water partition coefficient (Wildman–Crippen LogP) is 3.61. The van der Waals surface area contributed by atoms with Crippen LogP contribution >= 0.6 is 0 Å². The number of aryl methyl sites for hydroxylation is 1. The molecule has 2 rings (SSSR count). The average Bonchev–Trinajstić information content (AvgIpc) is 2.53. The first-order valence-corrected chi connectivity index (χ1v) is 8.88. The summed E-state index contributed by atoms with van der Waals surface area (Å²) < 4.78 is 11.4. The van der Waals surface area contributed by atoms with Crippen LogP contribution in [-0.4, -0.2) is 16.4 Å². The Morgan fingerprint density at radius 3 is 2.18 bits per heavy atom. The summed E-state index contributed by atoms with van der Waals surface area (Å²) in [5.41, 5.74) is 2.89. The lowest BCUT2D eigenvalue weighted by atomic mass is 10.0. The van der Waals surface area contributed by atoms with E-state index in [0.717, 1.165) is 16.9 Å². The van der Waals surface area contributed by atoms with Crippen molar-refractivity contribution in [2.24, 2.45) is 0 Å². The summed E-state index contributed by atoms with van der Waals surface area (Å²) in [6.07, 6.45) is 2.45. The smallest absolute Gasteiger partial charge is 0.251 e. The van der Waals surface area contributed by atoms with Gasteiger partial charge in [-0.2, -0.15) is 0 Å². The van der Waals surface area contributed by atoms with Gasteiger partial charge in [0.25, 0.3) is 5.91 Å². The molecule has 0 spiro atoms. The first-order valence-electron chi connectivity index (χ1n) is 7.32. The lowest BCUT2D eigenvalue weighted by molar-refractivity contribution is 0.0935. The van der Waals surface area contributed by atoms with E-state index in [-0.39, 0.29) is 11.9 Å². The highest BCUT2D eigenvalue weighted by molar-refractivity contribution is 7.84. The molecule has 0 aliphatic carbocycles. The topological polar surface area (TPSA) is 46.2 Å². The molecule has 0 aliphatic heterocycles. The van der Waals surface area contributed by atoms with E-state index in [1.807, 2.05) is 26.0 Å². The van der Waals surface area contributed by atoms with Crippen LogP contribution in [0.3, 0.4) is 0 Å². The summed E-state index contributed by atoms with van der Waals surface area (Å²) in [5, 5.41) is 3.05. The number of nitrogens with one attached hydrogen (secondary N) is 1. The maximum atomic E-state index is 12.3. The molecule has 2 aromatic carbocycles. The van der Waals surface area contributed by atoms with E-state index in [0.29, 0.717) is 5.56 Å². The van der Waals surface area contributed by atoms with Crippen LogP contribution in [0.25, 0.3) is 0 Å². The third-order valence-corrected chi connectivity index (χ3v) is 4.58.